The van der Waals surface area contributed by atoms with E-state index in [0.29, 0.717) is 52.0 Å². The van der Waals surface area contributed by atoms with Crippen LogP contribution in [0.1, 0.15) is 36.3 Å². The number of allylic oxidation sites excluding steroid dienone is 2. The summed E-state index contributed by atoms with van der Waals surface area (Å²) in [6.45, 7) is 0.240. The van der Waals surface area contributed by atoms with Crippen LogP contribution in [0.2, 0.25) is 10.0 Å². The standard InChI is InChI=1S/C24H21Cl2NO5/c1-30-24(29)22-20(21-17(28)7-4-8-19(21)32-23(22)27)13-9-10-18(16(26)11-13)31-12-14-5-2-3-6-15(14)25/h2-3,5-6,9-11,20H,4,7-8,12,27H2,1H3/t20-/m1/s1. The van der Waals surface area contributed by atoms with E-state index in [1.165, 1.54) is 7.11 Å². The number of esters is 1. The van der Waals surface area contributed by atoms with E-state index in [1.54, 1.807) is 24.3 Å². The van der Waals surface area contributed by atoms with Crippen LogP contribution < -0.4 is 10.5 Å². The van der Waals surface area contributed by atoms with Gasteiger partial charge in [-0.1, -0.05) is 47.5 Å². The van der Waals surface area contributed by atoms with Crippen LogP contribution in [0, 0.1) is 0 Å². The third kappa shape index (κ3) is 4.20. The number of halogens is 2. The van der Waals surface area contributed by atoms with E-state index < -0.39 is 11.9 Å². The molecule has 0 unspecified atom stereocenters. The first-order valence-electron chi connectivity index (χ1n) is 10.1. The van der Waals surface area contributed by atoms with E-state index in [1.807, 2.05) is 18.2 Å². The number of ether oxygens (including phenoxy) is 3. The molecule has 1 atom stereocenters. The molecule has 8 heteroatoms. The Kier molecular flexibility index (Phi) is 6.44. The second-order valence-corrected chi connectivity index (χ2v) is 8.30. The average Bonchev–Trinajstić information content (AvgIpc) is 2.78. The van der Waals surface area contributed by atoms with E-state index >= 15 is 0 Å². The normalized spacial score (nSPS) is 18.2. The van der Waals surface area contributed by atoms with Gasteiger partial charge in [0.15, 0.2) is 5.78 Å². The maximum absolute atomic E-state index is 12.8. The van der Waals surface area contributed by atoms with Gasteiger partial charge in [-0.05, 0) is 30.2 Å². The predicted molar refractivity (Wildman–Crippen MR) is 120 cm³/mol. The molecule has 2 aliphatic rings. The number of carbonyl (C=O) groups excluding carboxylic acids is 2. The summed E-state index contributed by atoms with van der Waals surface area (Å²) in [6.07, 6.45) is 1.61. The van der Waals surface area contributed by atoms with Gasteiger partial charge in [0, 0.05) is 29.0 Å². The Hall–Kier alpha value is -2.96. The average molecular weight is 474 g/mol. The minimum Gasteiger partial charge on any atom is -0.487 e. The highest BCUT2D eigenvalue weighted by Gasteiger charge is 2.41. The van der Waals surface area contributed by atoms with Crippen molar-refractivity contribution in [3.8, 4) is 5.75 Å². The zero-order chi connectivity index (χ0) is 22.8. The molecule has 0 saturated heterocycles. The van der Waals surface area contributed by atoms with Crippen LogP contribution in [-0.2, 0) is 25.7 Å². The van der Waals surface area contributed by atoms with Gasteiger partial charge in [0.2, 0.25) is 5.88 Å². The number of methoxy groups -OCH3 is 1. The van der Waals surface area contributed by atoms with E-state index in [0.717, 1.165) is 5.56 Å². The maximum Gasteiger partial charge on any atom is 0.340 e. The zero-order valence-corrected chi connectivity index (χ0v) is 18.8. The molecule has 0 amide bonds. The lowest BCUT2D eigenvalue weighted by atomic mass is 9.77. The van der Waals surface area contributed by atoms with Crippen LogP contribution in [0.4, 0.5) is 0 Å². The van der Waals surface area contributed by atoms with E-state index in [9.17, 15) is 9.59 Å². The summed E-state index contributed by atoms with van der Waals surface area (Å²) >= 11 is 12.7. The Bertz CT molecular complexity index is 1150. The van der Waals surface area contributed by atoms with Crippen molar-refractivity contribution in [2.75, 3.05) is 7.11 Å². The van der Waals surface area contributed by atoms with Gasteiger partial charge in [-0.15, -0.1) is 0 Å². The fourth-order valence-corrected chi connectivity index (χ4v) is 4.42. The number of hydrogen-bond donors (Lipinski definition) is 1. The molecule has 0 bridgehead atoms. The summed E-state index contributed by atoms with van der Waals surface area (Å²) in [4.78, 5) is 25.3. The van der Waals surface area contributed by atoms with Crippen molar-refractivity contribution in [1.29, 1.82) is 0 Å². The molecule has 0 saturated carbocycles. The molecule has 2 aromatic carbocycles. The van der Waals surface area contributed by atoms with Crippen molar-refractivity contribution in [1.82, 2.24) is 0 Å². The fraction of sp³-hybridized carbons (Fsp3) is 0.250. The van der Waals surface area contributed by atoms with Crippen molar-refractivity contribution in [3.63, 3.8) is 0 Å². The summed E-state index contributed by atoms with van der Waals surface area (Å²) in [5.74, 6) is -0.595. The Labute approximate surface area is 195 Å². The van der Waals surface area contributed by atoms with Crippen molar-refractivity contribution in [3.05, 3.63) is 86.4 Å². The minimum atomic E-state index is -0.728. The summed E-state index contributed by atoms with van der Waals surface area (Å²) in [6, 6.07) is 12.5. The topological polar surface area (TPSA) is 87.9 Å². The van der Waals surface area contributed by atoms with E-state index in [-0.39, 0.29) is 23.8 Å². The number of ketones is 1. The summed E-state index contributed by atoms with van der Waals surface area (Å²) in [7, 11) is 1.25. The SMILES string of the molecule is COC(=O)C1=C(N)OC2=C(C(=O)CCC2)[C@H]1c1ccc(OCc2ccccc2Cl)c(Cl)c1. The monoisotopic (exact) mass is 473 g/mol. The first-order valence-corrected chi connectivity index (χ1v) is 10.8. The van der Waals surface area contributed by atoms with Crippen LogP contribution in [-0.4, -0.2) is 18.9 Å². The summed E-state index contributed by atoms with van der Waals surface area (Å²) < 4.78 is 16.4. The number of benzene rings is 2. The quantitative estimate of drug-likeness (QED) is 0.612. The van der Waals surface area contributed by atoms with Crippen molar-refractivity contribution < 1.29 is 23.8 Å². The van der Waals surface area contributed by atoms with Gasteiger partial charge < -0.3 is 19.9 Å². The molecule has 6 nitrogen and oxygen atoms in total. The third-order valence-electron chi connectivity index (χ3n) is 5.52. The Morgan fingerprint density at radius 1 is 1.16 bits per heavy atom. The smallest absolute Gasteiger partial charge is 0.340 e. The molecular formula is C24H21Cl2NO5. The second-order valence-electron chi connectivity index (χ2n) is 7.49. The number of carbonyl (C=O) groups is 2. The van der Waals surface area contributed by atoms with Crippen LogP contribution in [0.3, 0.4) is 0 Å². The van der Waals surface area contributed by atoms with Crippen LogP contribution >= 0.6 is 23.2 Å². The first kappa shape index (κ1) is 22.2. The molecule has 0 fully saturated rings. The summed E-state index contributed by atoms with van der Waals surface area (Å²) in [5, 5.41) is 0.926. The number of Topliss-reactive ketones (excluding diaryl/α,β-unsaturated/α-hetero) is 1. The Balaban J connectivity index is 1.69. The Morgan fingerprint density at radius 2 is 1.94 bits per heavy atom. The lowest BCUT2D eigenvalue weighted by Crippen LogP contribution is -2.31. The predicted octanol–water partition coefficient (Wildman–Crippen LogP) is 5.04. The second kappa shape index (κ2) is 9.27. The van der Waals surface area contributed by atoms with Crippen molar-refractivity contribution >= 4 is 35.0 Å². The fourth-order valence-electron chi connectivity index (χ4n) is 3.98. The highest BCUT2D eigenvalue weighted by molar-refractivity contribution is 6.32. The lowest BCUT2D eigenvalue weighted by Gasteiger charge is -2.32. The number of rotatable bonds is 5. The first-order chi connectivity index (χ1) is 15.4. The lowest BCUT2D eigenvalue weighted by molar-refractivity contribution is -0.136. The highest BCUT2D eigenvalue weighted by atomic mass is 35.5. The van der Waals surface area contributed by atoms with Gasteiger partial charge in [-0.25, -0.2) is 4.79 Å². The number of hydrogen-bond acceptors (Lipinski definition) is 6. The molecule has 2 aromatic rings. The van der Waals surface area contributed by atoms with E-state index in [2.05, 4.69) is 0 Å². The van der Waals surface area contributed by atoms with Crippen molar-refractivity contribution in [2.45, 2.75) is 31.8 Å². The molecule has 4 rings (SSSR count). The zero-order valence-electron chi connectivity index (χ0n) is 17.3. The molecule has 0 radical (unpaired) electrons. The van der Waals surface area contributed by atoms with Gasteiger partial charge in [-0.3, -0.25) is 4.79 Å². The largest absolute Gasteiger partial charge is 0.487 e. The molecule has 1 aliphatic carbocycles. The van der Waals surface area contributed by atoms with Crippen LogP contribution in [0.25, 0.3) is 0 Å². The van der Waals surface area contributed by atoms with Crippen molar-refractivity contribution in [2.24, 2.45) is 5.73 Å². The van der Waals surface area contributed by atoms with E-state index in [4.69, 9.17) is 43.1 Å². The van der Waals surface area contributed by atoms with Gasteiger partial charge >= 0.3 is 5.97 Å². The molecule has 1 heterocycles. The molecule has 32 heavy (non-hydrogen) atoms. The van der Waals surface area contributed by atoms with Crippen LogP contribution in [0.5, 0.6) is 5.75 Å². The molecule has 1 aliphatic heterocycles. The number of nitrogens with two attached hydrogens (primary N) is 1. The third-order valence-corrected chi connectivity index (χ3v) is 6.18. The van der Waals surface area contributed by atoms with Gasteiger partial charge in [-0.2, -0.15) is 0 Å². The van der Waals surface area contributed by atoms with Gasteiger partial charge in [0.1, 0.15) is 23.7 Å². The molecular weight excluding hydrogens is 453 g/mol. The molecule has 2 N–H and O–H groups in total. The van der Waals surface area contributed by atoms with Gasteiger partial charge in [0.05, 0.1) is 18.1 Å². The van der Waals surface area contributed by atoms with Crippen LogP contribution in [0.15, 0.2) is 65.3 Å². The molecule has 0 aromatic heterocycles. The Morgan fingerprint density at radius 3 is 2.66 bits per heavy atom. The van der Waals surface area contributed by atoms with Gasteiger partial charge in [0.25, 0.3) is 0 Å². The minimum absolute atomic E-state index is 0.0644. The molecule has 0 spiro atoms. The highest BCUT2D eigenvalue weighted by Crippen LogP contribution is 2.45. The summed E-state index contributed by atoms with van der Waals surface area (Å²) in [5.41, 5.74) is 8.02. The maximum atomic E-state index is 12.8. The molecule has 166 valence electrons.